The average Bonchev–Trinajstić information content (AvgIpc) is 2.87. The SMILES string of the molecule is Cc1ccc2c(c1)N=C(N1CCNCC1)CC(c1ccc(C(F)(F)F)cc1)=N2. The Morgan fingerprint density at radius 1 is 0.929 bits per heavy atom. The first-order valence-corrected chi connectivity index (χ1v) is 9.29. The van der Waals surface area contributed by atoms with E-state index in [2.05, 4.69) is 10.2 Å². The summed E-state index contributed by atoms with van der Waals surface area (Å²) < 4.78 is 38.7. The molecule has 1 N–H and O–H groups in total. The molecule has 0 radical (unpaired) electrons. The third-order valence-electron chi connectivity index (χ3n) is 4.99. The van der Waals surface area contributed by atoms with Crippen molar-refractivity contribution in [2.45, 2.75) is 19.5 Å². The predicted molar refractivity (Wildman–Crippen MR) is 105 cm³/mol. The normalized spacial score (nSPS) is 17.5. The topological polar surface area (TPSA) is 40.0 Å². The smallest absolute Gasteiger partial charge is 0.357 e. The predicted octanol–water partition coefficient (Wildman–Crippen LogP) is 4.47. The zero-order chi connectivity index (χ0) is 19.7. The van der Waals surface area contributed by atoms with Crippen LogP contribution in [0.3, 0.4) is 0 Å². The highest BCUT2D eigenvalue weighted by Gasteiger charge is 2.30. The Hall–Kier alpha value is -2.67. The molecule has 0 amide bonds. The van der Waals surface area contributed by atoms with Crippen LogP contribution in [-0.2, 0) is 6.18 Å². The molecule has 0 bridgehead atoms. The third-order valence-corrected chi connectivity index (χ3v) is 4.99. The molecule has 2 heterocycles. The van der Waals surface area contributed by atoms with Crippen molar-refractivity contribution in [1.82, 2.24) is 10.2 Å². The molecular weight excluding hydrogens is 365 g/mol. The number of alkyl halides is 3. The maximum absolute atomic E-state index is 12.9. The van der Waals surface area contributed by atoms with Gasteiger partial charge in [0.15, 0.2) is 0 Å². The molecular formula is C21H21F3N4. The van der Waals surface area contributed by atoms with E-state index >= 15 is 0 Å². The van der Waals surface area contributed by atoms with E-state index in [4.69, 9.17) is 9.98 Å². The fraction of sp³-hybridized carbons (Fsp3) is 0.333. The highest BCUT2D eigenvalue weighted by atomic mass is 19.4. The molecule has 0 atom stereocenters. The Kier molecular flexibility index (Phi) is 4.93. The summed E-state index contributed by atoms with van der Waals surface area (Å²) in [6.07, 6.45) is -3.86. The van der Waals surface area contributed by atoms with Crippen molar-refractivity contribution < 1.29 is 13.2 Å². The van der Waals surface area contributed by atoms with Crippen LogP contribution in [0.4, 0.5) is 24.5 Å². The Bertz CT molecular complexity index is 924. The van der Waals surface area contributed by atoms with Gasteiger partial charge in [0, 0.05) is 32.6 Å². The van der Waals surface area contributed by atoms with Crippen LogP contribution in [0.1, 0.15) is 23.1 Å². The summed E-state index contributed by atoms with van der Waals surface area (Å²) in [7, 11) is 0. The minimum absolute atomic E-state index is 0.485. The number of hydrogen-bond donors (Lipinski definition) is 1. The number of fused-ring (bicyclic) bond motifs is 1. The zero-order valence-corrected chi connectivity index (χ0v) is 15.6. The second-order valence-electron chi connectivity index (χ2n) is 7.07. The number of nitrogens with zero attached hydrogens (tertiary/aromatic N) is 3. The first-order valence-electron chi connectivity index (χ1n) is 9.29. The Morgan fingerprint density at radius 2 is 1.64 bits per heavy atom. The molecule has 0 aromatic heterocycles. The van der Waals surface area contributed by atoms with E-state index in [9.17, 15) is 13.2 Å². The van der Waals surface area contributed by atoms with Gasteiger partial charge in [-0.3, -0.25) is 4.99 Å². The lowest BCUT2D eigenvalue weighted by atomic mass is 10.0. The molecule has 4 rings (SSSR count). The maximum Gasteiger partial charge on any atom is 0.416 e. The molecule has 2 aliphatic rings. The Balaban J connectivity index is 1.74. The van der Waals surface area contributed by atoms with Crippen molar-refractivity contribution in [2.75, 3.05) is 26.2 Å². The summed E-state index contributed by atoms with van der Waals surface area (Å²) >= 11 is 0. The number of benzene rings is 2. The van der Waals surface area contributed by atoms with Gasteiger partial charge < -0.3 is 10.2 Å². The second-order valence-corrected chi connectivity index (χ2v) is 7.07. The minimum atomic E-state index is -4.35. The van der Waals surface area contributed by atoms with Gasteiger partial charge in [-0.25, -0.2) is 4.99 Å². The molecule has 0 saturated carbocycles. The molecule has 2 aromatic carbocycles. The molecule has 146 valence electrons. The van der Waals surface area contributed by atoms with E-state index in [1.165, 1.54) is 12.1 Å². The van der Waals surface area contributed by atoms with Gasteiger partial charge in [-0.1, -0.05) is 18.2 Å². The first-order chi connectivity index (χ1) is 13.4. The van der Waals surface area contributed by atoms with E-state index in [0.717, 1.165) is 66.8 Å². The fourth-order valence-corrected chi connectivity index (χ4v) is 3.45. The number of aliphatic imine (C=N–C) groups is 2. The van der Waals surface area contributed by atoms with Crippen LogP contribution in [0.2, 0.25) is 0 Å². The van der Waals surface area contributed by atoms with E-state index in [1.54, 1.807) is 0 Å². The summed E-state index contributed by atoms with van der Waals surface area (Å²) in [6.45, 7) is 5.46. The lowest BCUT2D eigenvalue weighted by Gasteiger charge is -2.30. The number of piperazine rings is 1. The van der Waals surface area contributed by atoms with Gasteiger partial charge >= 0.3 is 6.18 Å². The third kappa shape index (κ3) is 3.94. The molecule has 0 aliphatic carbocycles. The van der Waals surface area contributed by atoms with Gasteiger partial charge in [0.05, 0.1) is 22.6 Å². The molecule has 2 aliphatic heterocycles. The van der Waals surface area contributed by atoms with Gasteiger partial charge in [0.2, 0.25) is 0 Å². The van der Waals surface area contributed by atoms with Gasteiger partial charge in [0.1, 0.15) is 5.84 Å². The number of halogens is 3. The van der Waals surface area contributed by atoms with Crippen molar-refractivity contribution in [2.24, 2.45) is 9.98 Å². The van der Waals surface area contributed by atoms with Crippen LogP contribution in [0.5, 0.6) is 0 Å². The molecule has 2 aromatic rings. The maximum atomic E-state index is 12.9. The van der Waals surface area contributed by atoms with Gasteiger partial charge in [-0.05, 0) is 42.3 Å². The summed E-state index contributed by atoms with van der Waals surface area (Å²) in [4.78, 5) is 11.9. The molecule has 1 fully saturated rings. The minimum Gasteiger partial charge on any atom is -0.357 e. The first kappa shape index (κ1) is 18.7. The van der Waals surface area contributed by atoms with Crippen LogP contribution in [0.15, 0.2) is 52.4 Å². The second kappa shape index (κ2) is 7.39. The standard InChI is InChI=1S/C21H21F3N4/c1-14-2-7-17-19(12-14)27-20(28-10-8-25-9-11-28)13-18(26-17)15-3-5-16(6-4-15)21(22,23)24/h2-7,12,25H,8-11,13H2,1H3. The van der Waals surface area contributed by atoms with Gasteiger partial charge in [-0.2, -0.15) is 13.2 Å². The summed E-state index contributed by atoms with van der Waals surface area (Å²) in [5.74, 6) is 0.907. The fourth-order valence-electron chi connectivity index (χ4n) is 3.45. The molecule has 0 spiro atoms. The van der Waals surface area contributed by atoms with Crippen molar-refractivity contribution in [3.05, 3.63) is 59.2 Å². The van der Waals surface area contributed by atoms with E-state index < -0.39 is 11.7 Å². The molecule has 4 nitrogen and oxygen atoms in total. The van der Waals surface area contributed by atoms with Crippen LogP contribution >= 0.6 is 0 Å². The van der Waals surface area contributed by atoms with E-state index in [-0.39, 0.29) is 0 Å². The zero-order valence-electron chi connectivity index (χ0n) is 15.6. The highest BCUT2D eigenvalue weighted by Crippen LogP contribution is 2.34. The monoisotopic (exact) mass is 386 g/mol. The van der Waals surface area contributed by atoms with Crippen molar-refractivity contribution >= 4 is 22.9 Å². The quantitative estimate of drug-likeness (QED) is 0.785. The van der Waals surface area contributed by atoms with Crippen LogP contribution in [-0.4, -0.2) is 42.6 Å². The number of amidine groups is 1. The molecule has 0 unspecified atom stereocenters. The van der Waals surface area contributed by atoms with Crippen molar-refractivity contribution in [3.63, 3.8) is 0 Å². The van der Waals surface area contributed by atoms with E-state index in [0.29, 0.717) is 12.0 Å². The summed E-state index contributed by atoms with van der Waals surface area (Å²) in [5.41, 5.74) is 3.40. The largest absolute Gasteiger partial charge is 0.416 e. The molecule has 1 saturated heterocycles. The Morgan fingerprint density at radius 3 is 2.32 bits per heavy atom. The highest BCUT2D eigenvalue weighted by molar-refractivity contribution is 6.14. The number of nitrogens with one attached hydrogen (secondary N) is 1. The van der Waals surface area contributed by atoms with E-state index in [1.807, 2.05) is 25.1 Å². The number of hydrogen-bond acceptors (Lipinski definition) is 4. The molecule has 28 heavy (non-hydrogen) atoms. The summed E-state index contributed by atoms with van der Waals surface area (Å²) in [6, 6.07) is 11.1. The number of rotatable bonds is 1. The van der Waals surface area contributed by atoms with Crippen LogP contribution in [0, 0.1) is 6.92 Å². The van der Waals surface area contributed by atoms with Crippen LogP contribution < -0.4 is 5.32 Å². The number of aryl methyl sites for hydroxylation is 1. The van der Waals surface area contributed by atoms with Crippen molar-refractivity contribution in [1.29, 1.82) is 0 Å². The van der Waals surface area contributed by atoms with Gasteiger partial charge in [0.25, 0.3) is 0 Å². The Labute approximate surface area is 161 Å². The molecule has 7 heteroatoms. The van der Waals surface area contributed by atoms with Crippen molar-refractivity contribution in [3.8, 4) is 0 Å². The summed E-state index contributed by atoms with van der Waals surface area (Å²) in [5, 5.41) is 3.33. The lowest BCUT2D eigenvalue weighted by Crippen LogP contribution is -2.46. The van der Waals surface area contributed by atoms with Crippen LogP contribution in [0.25, 0.3) is 0 Å². The lowest BCUT2D eigenvalue weighted by molar-refractivity contribution is -0.137. The van der Waals surface area contributed by atoms with Gasteiger partial charge in [-0.15, -0.1) is 0 Å². The average molecular weight is 386 g/mol.